The van der Waals surface area contributed by atoms with Crippen LogP contribution in [0.15, 0.2) is 18.5 Å². The average molecular weight is 291 g/mol. The van der Waals surface area contributed by atoms with Crippen molar-refractivity contribution >= 4 is 11.4 Å². The van der Waals surface area contributed by atoms with Gasteiger partial charge < -0.3 is 20.3 Å². The van der Waals surface area contributed by atoms with Crippen LogP contribution in [0.5, 0.6) is 0 Å². The number of hydrogen-bond acceptors (Lipinski definition) is 6. The van der Waals surface area contributed by atoms with Crippen molar-refractivity contribution in [3.8, 4) is 0 Å². The Morgan fingerprint density at radius 2 is 2.10 bits per heavy atom. The van der Waals surface area contributed by atoms with E-state index in [4.69, 9.17) is 10.5 Å². The van der Waals surface area contributed by atoms with Crippen LogP contribution in [0.4, 0.5) is 11.4 Å². The van der Waals surface area contributed by atoms with Crippen molar-refractivity contribution in [1.82, 2.24) is 14.8 Å². The number of ether oxygens (including phenoxy) is 1. The minimum atomic E-state index is 0.348. The molecule has 2 aliphatic heterocycles. The third kappa shape index (κ3) is 3.64. The first-order valence-corrected chi connectivity index (χ1v) is 7.69. The molecule has 6 heteroatoms. The number of pyridine rings is 1. The van der Waals surface area contributed by atoms with Crippen LogP contribution in [-0.4, -0.2) is 80.4 Å². The molecule has 3 heterocycles. The molecule has 2 fully saturated rings. The van der Waals surface area contributed by atoms with Gasteiger partial charge in [-0.15, -0.1) is 0 Å². The summed E-state index contributed by atoms with van der Waals surface area (Å²) in [6, 6.07) is 2.00. The molecule has 1 unspecified atom stereocenters. The largest absolute Gasteiger partial charge is 0.396 e. The van der Waals surface area contributed by atoms with E-state index in [9.17, 15) is 0 Å². The van der Waals surface area contributed by atoms with Gasteiger partial charge in [0.25, 0.3) is 0 Å². The van der Waals surface area contributed by atoms with Gasteiger partial charge in [0.2, 0.25) is 0 Å². The SMILES string of the molecule is CN1CCOC(CN2CCN(c3ccncc3N)CC2)C1. The van der Waals surface area contributed by atoms with Crippen molar-refractivity contribution in [2.45, 2.75) is 6.10 Å². The number of nitrogens with zero attached hydrogens (tertiary/aromatic N) is 4. The zero-order valence-electron chi connectivity index (χ0n) is 12.7. The number of hydrogen-bond donors (Lipinski definition) is 1. The summed E-state index contributed by atoms with van der Waals surface area (Å²) in [5.74, 6) is 0. The van der Waals surface area contributed by atoms with E-state index in [0.29, 0.717) is 6.10 Å². The maximum absolute atomic E-state index is 6.01. The molecule has 1 aromatic heterocycles. The summed E-state index contributed by atoms with van der Waals surface area (Å²) in [4.78, 5) is 11.3. The Labute approximate surface area is 126 Å². The standard InChI is InChI=1S/C15H25N5O/c1-18-8-9-21-13(11-18)12-19-4-6-20(7-5-19)15-2-3-17-10-14(15)16/h2-3,10,13H,4-9,11-12,16H2,1H3. The Morgan fingerprint density at radius 1 is 1.29 bits per heavy atom. The van der Waals surface area contributed by atoms with Crippen LogP contribution in [0, 0.1) is 0 Å². The van der Waals surface area contributed by atoms with Crippen LogP contribution in [0.25, 0.3) is 0 Å². The molecule has 0 bridgehead atoms. The Kier molecular flexibility index (Phi) is 4.57. The van der Waals surface area contributed by atoms with Crippen molar-refractivity contribution in [2.75, 3.05) is 70.1 Å². The van der Waals surface area contributed by atoms with E-state index in [1.807, 2.05) is 12.3 Å². The molecular weight excluding hydrogens is 266 g/mol. The smallest absolute Gasteiger partial charge is 0.0829 e. The molecule has 0 aromatic carbocycles. The first-order valence-electron chi connectivity index (χ1n) is 7.69. The number of morpholine rings is 1. The first kappa shape index (κ1) is 14.6. The predicted octanol–water partition coefficient (Wildman–Crippen LogP) is 0.116. The average Bonchev–Trinajstić information content (AvgIpc) is 2.49. The first-order chi connectivity index (χ1) is 10.2. The number of rotatable bonds is 3. The van der Waals surface area contributed by atoms with Gasteiger partial charge in [-0.2, -0.15) is 0 Å². The van der Waals surface area contributed by atoms with Gasteiger partial charge in [0.05, 0.1) is 30.3 Å². The van der Waals surface area contributed by atoms with Crippen LogP contribution in [0.1, 0.15) is 0 Å². The number of likely N-dealkylation sites (N-methyl/N-ethyl adjacent to an activating group) is 1. The highest BCUT2D eigenvalue weighted by molar-refractivity contribution is 5.66. The van der Waals surface area contributed by atoms with Crippen molar-refractivity contribution in [2.24, 2.45) is 0 Å². The van der Waals surface area contributed by atoms with Crippen molar-refractivity contribution < 1.29 is 4.74 Å². The summed E-state index contributed by atoms with van der Waals surface area (Å²) in [7, 11) is 2.17. The topological polar surface area (TPSA) is 57.9 Å². The molecule has 1 aromatic rings. The molecular formula is C15H25N5O. The van der Waals surface area contributed by atoms with Crippen molar-refractivity contribution in [3.05, 3.63) is 18.5 Å². The van der Waals surface area contributed by atoms with Gasteiger partial charge in [0.1, 0.15) is 0 Å². The van der Waals surface area contributed by atoms with E-state index >= 15 is 0 Å². The monoisotopic (exact) mass is 291 g/mol. The lowest BCUT2D eigenvalue weighted by Crippen LogP contribution is -2.52. The van der Waals surface area contributed by atoms with Gasteiger partial charge in [-0.3, -0.25) is 9.88 Å². The summed E-state index contributed by atoms with van der Waals surface area (Å²) in [5, 5.41) is 0. The molecule has 2 N–H and O–H groups in total. The summed E-state index contributed by atoms with van der Waals surface area (Å²) in [5.41, 5.74) is 7.88. The summed E-state index contributed by atoms with van der Waals surface area (Å²) in [6.45, 7) is 8.12. The second-order valence-corrected chi connectivity index (χ2v) is 5.98. The highest BCUT2D eigenvalue weighted by Gasteiger charge is 2.24. The normalized spacial score (nSPS) is 25.2. The van der Waals surface area contributed by atoms with E-state index in [0.717, 1.165) is 63.8 Å². The quantitative estimate of drug-likeness (QED) is 0.853. The third-order valence-corrected chi connectivity index (χ3v) is 4.34. The maximum atomic E-state index is 6.01. The van der Waals surface area contributed by atoms with Crippen LogP contribution in [0.2, 0.25) is 0 Å². The second kappa shape index (κ2) is 6.60. The number of nitrogens with two attached hydrogens (primary N) is 1. The molecule has 6 nitrogen and oxygen atoms in total. The molecule has 2 saturated heterocycles. The molecule has 0 aliphatic carbocycles. The minimum Gasteiger partial charge on any atom is -0.396 e. The molecule has 0 spiro atoms. The van der Waals surface area contributed by atoms with Crippen LogP contribution in [0.3, 0.4) is 0 Å². The lowest BCUT2D eigenvalue weighted by atomic mass is 10.2. The zero-order valence-corrected chi connectivity index (χ0v) is 12.7. The lowest BCUT2D eigenvalue weighted by molar-refractivity contribution is -0.0361. The fourth-order valence-corrected chi connectivity index (χ4v) is 3.12. The van der Waals surface area contributed by atoms with E-state index in [2.05, 4.69) is 26.7 Å². The molecule has 0 radical (unpaired) electrons. The number of nitrogen functional groups attached to an aromatic ring is 1. The van der Waals surface area contributed by atoms with Crippen LogP contribution >= 0.6 is 0 Å². The number of piperazine rings is 1. The molecule has 0 saturated carbocycles. The summed E-state index contributed by atoms with van der Waals surface area (Å²) < 4.78 is 5.86. The van der Waals surface area contributed by atoms with Gasteiger partial charge in [-0.05, 0) is 13.1 Å². The Hall–Kier alpha value is -1.37. The van der Waals surface area contributed by atoms with Gasteiger partial charge in [-0.1, -0.05) is 0 Å². The van der Waals surface area contributed by atoms with Gasteiger partial charge in [0.15, 0.2) is 0 Å². The van der Waals surface area contributed by atoms with E-state index < -0.39 is 0 Å². The third-order valence-electron chi connectivity index (χ3n) is 4.34. The van der Waals surface area contributed by atoms with Crippen molar-refractivity contribution in [3.63, 3.8) is 0 Å². The predicted molar refractivity (Wildman–Crippen MR) is 84.5 cm³/mol. The number of anilines is 2. The molecule has 3 rings (SSSR count). The molecule has 21 heavy (non-hydrogen) atoms. The van der Waals surface area contributed by atoms with Gasteiger partial charge in [0, 0.05) is 52.0 Å². The van der Waals surface area contributed by atoms with E-state index in [1.165, 1.54) is 0 Å². The van der Waals surface area contributed by atoms with Crippen molar-refractivity contribution in [1.29, 1.82) is 0 Å². The summed E-state index contributed by atoms with van der Waals surface area (Å²) in [6.07, 6.45) is 3.89. The fraction of sp³-hybridized carbons (Fsp3) is 0.667. The molecule has 2 aliphatic rings. The van der Waals surface area contributed by atoms with Crippen LogP contribution < -0.4 is 10.6 Å². The highest BCUT2D eigenvalue weighted by Crippen LogP contribution is 2.22. The van der Waals surface area contributed by atoms with E-state index in [1.54, 1.807) is 6.20 Å². The number of aromatic nitrogens is 1. The zero-order chi connectivity index (χ0) is 14.7. The van der Waals surface area contributed by atoms with E-state index in [-0.39, 0.29) is 0 Å². The second-order valence-electron chi connectivity index (χ2n) is 5.98. The highest BCUT2D eigenvalue weighted by atomic mass is 16.5. The Morgan fingerprint density at radius 3 is 2.81 bits per heavy atom. The molecule has 116 valence electrons. The Bertz CT molecular complexity index is 461. The minimum absolute atomic E-state index is 0.348. The van der Waals surface area contributed by atoms with Gasteiger partial charge in [-0.25, -0.2) is 0 Å². The van der Waals surface area contributed by atoms with Crippen LogP contribution in [-0.2, 0) is 4.74 Å². The molecule has 1 atom stereocenters. The molecule has 0 amide bonds. The Balaban J connectivity index is 1.50. The van der Waals surface area contributed by atoms with Gasteiger partial charge >= 0.3 is 0 Å². The lowest BCUT2D eigenvalue weighted by Gasteiger charge is -2.39. The summed E-state index contributed by atoms with van der Waals surface area (Å²) >= 11 is 0. The fourth-order valence-electron chi connectivity index (χ4n) is 3.12. The maximum Gasteiger partial charge on any atom is 0.0829 e.